The summed E-state index contributed by atoms with van der Waals surface area (Å²) in [5, 5.41) is 2.66. The Kier molecular flexibility index (Phi) is 6.08. The van der Waals surface area contributed by atoms with Crippen LogP contribution in [0.25, 0.3) is 0 Å². The molecule has 0 aromatic heterocycles. The number of carbonyl (C=O) groups excluding carboxylic acids is 1. The Morgan fingerprint density at radius 2 is 2.00 bits per heavy atom. The summed E-state index contributed by atoms with van der Waals surface area (Å²) < 4.78 is 42.7. The van der Waals surface area contributed by atoms with E-state index in [0.29, 0.717) is 23.5 Å². The van der Waals surface area contributed by atoms with Gasteiger partial charge >= 0.3 is 0 Å². The van der Waals surface area contributed by atoms with E-state index in [-0.39, 0.29) is 29.5 Å². The zero-order valence-corrected chi connectivity index (χ0v) is 16.4. The van der Waals surface area contributed by atoms with Gasteiger partial charge in [0.2, 0.25) is 5.91 Å². The van der Waals surface area contributed by atoms with E-state index in [1.807, 2.05) is 11.9 Å². The molecule has 0 spiro atoms. The number of amidine groups is 1. The number of hydrogen-bond donors (Lipinski definition) is 1. The minimum Gasteiger partial charge on any atom is -0.362 e. The van der Waals surface area contributed by atoms with Crippen molar-refractivity contribution in [2.24, 2.45) is 4.40 Å². The highest BCUT2D eigenvalue weighted by Crippen LogP contribution is 2.20. The molecule has 1 N–H and O–H groups in total. The van der Waals surface area contributed by atoms with Gasteiger partial charge in [0.15, 0.2) is 0 Å². The lowest BCUT2D eigenvalue weighted by molar-refractivity contribution is -0.116. The Bertz CT molecular complexity index is 1010. The number of halogens is 1. The number of sulfonamides is 1. The minimum absolute atomic E-state index is 0.0206. The molecule has 3 rings (SSSR count). The zero-order valence-electron chi connectivity index (χ0n) is 15.6. The molecule has 1 amide bonds. The van der Waals surface area contributed by atoms with Crippen LogP contribution in [0.1, 0.15) is 24.8 Å². The molecular formula is C20H22FN3O3S. The van der Waals surface area contributed by atoms with Crippen LogP contribution >= 0.6 is 0 Å². The molecule has 0 aliphatic carbocycles. The number of rotatable bonds is 6. The van der Waals surface area contributed by atoms with Gasteiger partial charge in [-0.1, -0.05) is 24.3 Å². The van der Waals surface area contributed by atoms with Crippen LogP contribution in [0.3, 0.4) is 0 Å². The van der Waals surface area contributed by atoms with Crippen molar-refractivity contribution in [3.05, 3.63) is 59.9 Å². The summed E-state index contributed by atoms with van der Waals surface area (Å²) in [7, 11) is -2.04. The first-order chi connectivity index (χ1) is 13.3. The fraction of sp³-hybridized carbons (Fsp3) is 0.300. The molecule has 0 bridgehead atoms. The maximum Gasteiger partial charge on any atom is 0.284 e. The molecule has 1 fully saturated rings. The number of amides is 1. The average molecular weight is 403 g/mol. The van der Waals surface area contributed by atoms with Crippen LogP contribution in [0.2, 0.25) is 0 Å². The number of hydrogen-bond acceptors (Lipinski definition) is 3. The van der Waals surface area contributed by atoms with Crippen LogP contribution in [0.4, 0.5) is 10.1 Å². The van der Waals surface area contributed by atoms with Crippen molar-refractivity contribution in [1.82, 2.24) is 4.90 Å². The molecule has 1 heterocycles. The number of carbonyl (C=O) groups is 1. The predicted octanol–water partition coefficient (Wildman–Crippen LogP) is 3.21. The number of likely N-dealkylation sites (tertiary alicyclic amines) is 1. The molecule has 2 aromatic carbocycles. The van der Waals surface area contributed by atoms with Crippen LogP contribution in [-0.2, 0) is 21.2 Å². The molecule has 148 valence electrons. The topological polar surface area (TPSA) is 78.8 Å². The first-order valence-corrected chi connectivity index (χ1v) is 10.5. The van der Waals surface area contributed by atoms with E-state index in [2.05, 4.69) is 9.71 Å². The largest absolute Gasteiger partial charge is 0.362 e. The number of anilines is 1. The normalized spacial score (nSPS) is 15.8. The minimum atomic E-state index is -3.85. The standard InChI is InChI=1S/C20H22FN3O3S/c1-24-13-5-10-19(24)23-28(26,27)17-8-4-7-16(14-17)22-20(25)12-11-15-6-2-3-9-18(15)21/h2-4,6-9,14H,5,10-13H2,1H3,(H,22,25)/b23-19+. The summed E-state index contributed by atoms with van der Waals surface area (Å²) in [6.45, 7) is 0.784. The van der Waals surface area contributed by atoms with Gasteiger partial charge in [-0.05, 0) is 42.7 Å². The Morgan fingerprint density at radius 1 is 1.21 bits per heavy atom. The van der Waals surface area contributed by atoms with Gasteiger partial charge in [-0.15, -0.1) is 4.40 Å². The Labute approximate surface area is 164 Å². The lowest BCUT2D eigenvalue weighted by atomic mass is 10.1. The monoisotopic (exact) mass is 403 g/mol. The molecule has 2 aromatic rings. The van der Waals surface area contributed by atoms with Crippen molar-refractivity contribution >= 4 is 27.5 Å². The number of nitrogens with one attached hydrogen (secondary N) is 1. The molecule has 0 unspecified atom stereocenters. The van der Waals surface area contributed by atoms with Crippen LogP contribution in [0, 0.1) is 5.82 Å². The summed E-state index contributed by atoms with van der Waals surface area (Å²) in [4.78, 5) is 14.0. The second-order valence-electron chi connectivity index (χ2n) is 6.68. The van der Waals surface area contributed by atoms with Crippen LogP contribution < -0.4 is 5.32 Å². The lowest BCUT2D eigenvalue weighted by Gasteiger charge is -2.11. The van der Waals surface area contributed by atoms with E-state index in [0.717, 1.165) is 13.0 Å². The second-order valence-corrected chi connectivity index (χ2v) is 8.28. The smallest absolute Gasteiger partial charge is 0.284 e. The summed E-state index contributed by atoms with van der Waals surface area (Å²) in [5.74, 6) is -0.127. The highest BCUT2D eigenvalue weighted by atomic mass is 32.2. The van der Waals surface area contributed by atoms with Crippen molar-refractivity contribution in [3.63, 3.8) is 0 Å². The fourth-order valence-electron chi connectivity index (χ4n) is 3.01. The molecule has 1 saturated heterocycles. The van der Waals surface area contributed by atoms with E-state index in [4.69, 9.17) is 0 Å². The third-order valence-corrected chi connectivity index (χ3v) is 5.86. The highest BCUT2D eigenvalue weighted by molar-refractivity contribution is 7.90. The van der Waals surface area contributed by atoms with Gasteiger partial charge in [0.1, 0.15) is 11.7 Å². The Balaban J connectivity index is 1.67. The Morgan fingerprint density at radius 3 is 2.71 bits per heavy atom. The van der Waals surface area contributed by atoms with Crippen molar-refractivity contribution in [1.29, 1.82) is 0 Å². The van der Waals surface area contributed by atoms with E-state index in [1.165, 1.54) is 18.2 Å². The molecule has 28 heavy (non-hydrogen) atoms. The van der Waals surface area contributed by atoms with Crippen molar-refractivity contribution < 1.29 is 17.6 Å². The molecule has 0 saturated carbocycles. The predicted molar refractivity (Wildman–Crippen MR) is 106 cm³/mol. The SMILES string of the molecule is CN1CCC/C1=N\S(=O)(=O)c1cccc(NC(=O)CCc2ccccc2F)c1. The molecular weight excluding hydrogens is 381 g/mol. The summed E-state index contributed by atoms with van der Waals surface area (Å²) in [6, 6.07) is 12.3. The number of benzene rings is 2. The van der Waals surface area contributed by atoms with Gasteiger partial charge in [0.25, 0.3) is 10.0 Å². The number of aryl methyl sites for hydroxylation is 1. The van der Waals surface area contributed by atoms with E-state index in [1.54, 1.807) is 30.3 Å². The summed E-state index contributed by atoms with van der Waals surface area (Å²) >= 11 is 0. The quantitative estimate of drug-likeness (QED) is 0.803. The van der Waals surface area contributed by atoms with Gasteiger partial charge in [-0.3, -0.25) is 4.79 Å². The van der Waals surface area contributed by atoms with E-state index < -0.39 is 10.0 Å². The lowest BCUT2D eigenvalue weighted by Crippen LogP contribution is -2.20. The van der Waals surface area contributed by atoms with Crippen LogP contribution in [0.15, 0.2) is 57.8 Å². The fourth-order valence-corrected chi connectivity index (χ4v) is 4.15. The van der Waals surface area contributed by atoms with E-state index >= 15 is 0 Å². The maximum absolute atomic E-state index is 13.6. The zero-order chi connectivity index (χ0) is 20.1. The number of nitrogens with zero attached hydrogens (tertiary/aromatic N) is 2. The average Bonchev–Trinajstić information content (AvgIpc) is 3.05. The van der Waals surface area contributed by atoms with Gasteiger partial charge in [0.05, 0.1) is 4.90 Å². The first-order valence-electron chi connectivity index (χ1n) is 9.03. The van der Waals surface area contributed by atoms with Crippen molar-refractivity contribution in [2.45, 2.75) is 30.6 Å². The second kappa shape index (κ2) is 8.52. The summed E-state index contributed by atoms with van der Waals surface area (Å²) in [6.07, 6.45) is 1.85. The third kappa shape index (κ3) is 4.95. The highest BCUT2D eigenvalue weighted by Gasteiger charge is 2.20. The molecule has 8 heteroatoms. The molecule has 0 atom stereocenters. The van der Waals surface area contributed by atoms with Gasteiger partial charge in [0, 0.05) is 32.1 Å². The van der Waals surface area contributed by atoms with Gasteiger partial charge < -0.3 is 10.2 Å². The first kappa shape index (κ1) is 20.0. The van der Waals surface area contributed by atoms with Gasteiger partial charge in [-0.2, -0.15) is 8.42 Å². The molecule has 1 aliphatic heterocycles. The molecule has 0 radical (unpaired) electrons. The maximum atomic E-state index is 13.6. The molecule has 1 aliphatic rings. The van der Waals surface area contributed by atoms with Crippen LogP contribution in [0.5, 0.6) is 0 Å². The summed E-state index contributed by atoms with van der Waals surface area (Å²) in [5.41, 5.74) is 0.824. The van der Waals surface area contributed by atoms with E-state index in [9.17, 15) is 17.6 Å². The van der Waals surface area contributed by atoms with Crippen molar-refractivity contribution in [2.75, 3.05) is 18.9 Å². The van der Waals surface area contributed by atoms with Crippen molar-refractivity contribution in [3.8, 4) is 0 Å². The Hall–Kier alpha value is -2.74. The molecule has 6 nitrogen and oxygen atoms in total. The third-order valence-electron chi connectivity index (χ3n) is 4.55. The van der Waals surface area contributed by atoms with Gasteiger partial charge in [-0.25, -0.2) is 4.39 Å². The van der Waals surface area contributed by atoms with Crippen LogP contribution in [-0.4, -0.2) is 38.7 Å².